The minimum atomic E-state index is -0.205. The number of ether oxygens (including phenoxy) is 1. The van der Waals surface area contributed by atoms with E-state index < -0.39 is 0 Å². The van der Waals surface area contributed by atoms with Gasteiger partial charge in [-0.3, -0.25) is 4.79 Å². The third-order valence-electron chi connectivity index (χ3n) is 2.30. The van der Waals surface area contributed by atoms with Crippen molar-refractivity contribution >= 4 is 17.5 Å². The largest absolute Gasteiger partial charge is 0.368 e. The van der Waals surface area contributed by atoms with E-state index in [2.05, 4.69) is 5.32 Å². The molecule has 1 aliphatic heterocycles. The van der Waals surface area contributed by atoms with Gasteiger partial charge in [-0.1, -0.05) is 0 Å². The van der Waals surface area contributed by atoms with Crippen molar-refractivity contribution in [1.82, 2.24) is 5.32 Å². The minimum absolute atomic E-state index is 0.0322. The third kappa shape index (κ3) is 4.29. The maximum atomic E-state index is 11.4. The van der Waals surface area contributed by atoms with Crippen LogP contribution in [0.2, 0.25) is 0 Å². The average Bonchev–Trinajstić information content (AvgIpc) is 2.64. The quantitative estimate of drug-likeness (QED) is 0.565. The Morgan fingerprint density at radius 1 is 1.71 bits per heavy atom. The van der Waals surface area contributed by atoms with Crippen LogP contribution in [0.5, 0.6) is 0 Å². The van der Waals surface area contributed by atoms with Crippen molar-refractivity contribution in [3.8, 4) is 0 Å². The summed E-state index contributed by atoms with van der Waals surface area (Å²) < 4.78 is 5.25. The maximum Gasteiger partial charge on any atom is 0.249 e. The molecule has 0 aromatic carbocycles. The number of amides is 1. The summed E-state index contributed by atoms with van der Waals surface area (Å²) in [5.41, 5.74) is 0. The second-order valence-electron chi connectivity index (χ2n) is 3.72. The summed E-state index contributed by atoms with van der Waals surface area (Å²) in [6.45, 7) is 3.38. The van der Waals surface area contributed by atoms with E-state index in [0.717, 1.165) is 32.3 Å². The normalized spacial score (nSPS) is 23.4. The summed E-state index contributed by atoms with van der Waals surface area (Å²) in [5.74, 6) is 0.0322. The van der Waals surface area contributed by atoms with E-state index in [1.807, 2.05) is 6.92 Å². The highest BCUT2D eigenvalue weighted by molar-refractivity contribution is 6.20. The fourth-order valence-electron chi connectivity index (χ4n) is 1.49. The molecule has 0 bridgehead atoms. The van der Waals surface area contributed by atoms with Gasteiger partial charge in [-0.25, -0.2) is 0 Å². The van der Waals surface area contributed by atoms with Gasteiger partial charge in [0.15, 0.2) is 0 Å². The summed E-state index contributed by atoms with van der Waals surface area (Å²) in [5, 5.41) is 3.05. The highest BCUT2D eigenvalue weighted by Crippen LogP contribution is 2.11. The zero-order valence-electron chi connectivity index (χ0n) is 8.59. The molecule has 1 aliphatic rings. The van der Waals surface area contributed by atoms with Crippen LogP contribution in [0.1, 0.15) is 32.6 Å². The Balaban J connectivity index is 2.03. The lowest BCUT2D eigenvalue weighted by atomic mass is 10.2. The van der Waals surface area contributed by atoms with Gasteiger partial charge in [0, 0.05) is 18.5 Å². The summed E-state index contributed by atoms with van der Waals surface area (Å²) in [7, 11) is 0. The Labute approximate surface area is 90.1 Å². The lowest BCUT2D eigenvalue weighted by Gasteiger charge is -2.10. The van der Waals surface area contributed by atoms with E-state index in [9.17, 15) is 4.79 Å². The van der Waals surface area contributed by atoms with Crippen molar-refractivity contribution < 1.29 is 9.53 Å². The molecule has 2 unspecified atom stereocenters. The van der Waals surface area contributed by atoms with Crippen LogP contribution in [-0.4, -0.2) is 30.5 Å². The Bertz CT molecular complexity index is 179. The second kappa shape index (κ2) is 6.25. The fraction of sp³-hybridized carbons (Fsp3) is 0.900. The number of alkyl halides is 1. The molecule has 14 heavy (non-hydrogen) atoms. The number of hydrogen-bond donors (Lipinski definition) is 1. The molecule has 1 rings (SSSR count). The lowest BCUT2D eigenvalue weighted by Crippen LogP contribution is -2.34. The highest BCUT2D eigenvalue weighted by atomic mass is 35.5. The van der Waals surface area contributed by atoms with E-state index in [4.69, 9.17) is 16.3 Å². The van der Waals surface area contributed by atoms with Crippen molar-refractivity contribution in [2.75, 3.05) is 13.2 Å². The predicted molar refractivity (Wildman–Crippen MR) is 56.5 cm³/mol. The van der Waals surface area contributed by atoms with Gasteiger partial charge in [-0.2, -0.15) is 0 Å². The first-order valence-electron chi connectivity index (χ1n) is 5.23. The molecular weight excluding hydrogens is 202 g/mol. The van der Waals surface area contributed by atoms with Crippen LogP contribution < -0.4 is 5.32 Å². The van der Waals surface area contributed by atoms with Crippen molar-refractivity contribution in [2.45, 2.75) is 44.1 Å². The smallest absolute Gasteiger partial charge is 0.249 e. The van der Waals surface area contributed by atoms with Gasteiger partial charge in [-0.05, 0) is 32.6 Å². The Kier molecular flexibility index (Phi) is 5.26. The monoisotopic (exact) mass is 219 g/mol. The molecule has 1 heterocycles. The number of carbonyl (C=O) groups is 1. The van der Waals surface area contributed by atoms with E-state index in [1.165, 1.54) is 0 Å². The molecule has 1 fully saturated rings. The molecule has 0 aliphatic carbocycles. The Morgan fingerprint density at radius 3 is 3.07 bits per heavy atom. The SMILES string of the molecule is CC(Cl)CCCNC(=O)C1CCCO1. The van der Waals surface area contributed by atoms with Gasteiger partial charge in [0.1, 0.15) is 6.10 Å². The first-order valence-corrected chi connectivity index (χ1v) is 5.67. The van der Waals surface area contributed by atoms with Gasteiger partial charge in [0.25, 0.3) is 0 Å². The standard InChI is InChI=1S/C10H18ClNO2/c1-8(11)4-2-6-12-10(13)9-5-3-7-14-9/h8-9H,2-7H2,1H3,(H,12,13). The minimum Gasteiger partial charge on any atom is -0.368 e. The van der Waals surface area contributed by atoms with E-state index in [0.29, 0.717) is 6.54 Å². The number of halogens is 1. The number of rotatable bonds is 5. The third-order valence-corrected chi connectivity index (χ3v) is 2.52. The number of nitrogens with one attached hydrogen (secondary N) is 1. The Morgan fingerprint density at radius 2 is 2.50 bits per heavy atom. The van der Waals surface area contributed by atoms with Crippen molar-refractivity contribution in [2.24, 2.45) is 0 Å². The average molecular weight is 220 g/mol. The summed E-state index contributed by atoms with van der Waals surface area (Å²) >= 11 is 5.78. The van der Waals surface area contributed by atoms with Crippen molar-refractivity contribution in [3.63, 3.8) is 0 Å². The molecule has 0 saturated carbocycles. The Hall–Kier alpha value is -0.280. The van der Waals surface area contributed by atoms with E-state index in [-0.39, 0.29) is 17.4 Å². The number of hydrogen-bond acceptors (Lipinski definition) is 2. The molecule has 82 valence electrons. The van der Waals surface area contributed by atoms with Gasteiger partial charge < -0.3 is 10.1 Å². The molecule has 4 heteroatoms. The lowest BCUT2D eigenvalue weighted by molar-refractivity contribution is -0.130. The van der Waals surface area contributed by atoms with Gasteiger partial charge in [0.2, 0.25) is 5.91 Å². The predicted octanol–water partition coefficient (Wildman–Crippen LogP) is 1.69. The first-order chi connectivity index (χ1) is 6.70. The first kappa shape index (κ1) is 11.8. The van der Waals surface area contributed by atoms with E-state index in [1.54, 1.807) is 0 Å². The van der Waals surface area contributed by atoms with Crippen LogP contribution >= 0.6 is 11.6 Å². The summed E-state index contributed by atoms with van der Waals surface area (Å²) in [6.07, 6.45) is 3.52. The maximum absolute atomic E-state index is 11.4. The molecule has 0 aromatic rings. The zero-order valence-corrected chi connectivity index (χ0v) is 9.35. The van der Waals surface area contributed by atoms with Crippen LogP contribution in [0.25, 0.3) is 0 Å². The second-order valence-corrected chi connectivity index (χ2v) is 4.46. The molecule has 0 radical (unpaired) electrons. The van der Waals surface area contributed by atoms with Crippen molar-refractivity contribution in [1.29, 1.82) is 0 Å². The van der Waals surface area contributed by atoms with Crippen LogP contribution in [0.15, 0.2) is 0 Å². The topological polar surface area (TPSA) is 38.3 Å². The molecule has 0 aromatic heterocycles. The van der Waals surface area contributed by atoms with E-state index >= 15 is 0 Å². The molecule has 3 nitrogen and oxygen atoms in total. The number of carbonyl (C=O) groups excluding carboxylic acids is 1. The highest BCUT2D eigenvalue weighted by Gasteiger charge is 2.22. The molecule has 0 spiro atoms. The van der Waals surface area contributed by atoms with Crippen LogP contribution in [0.4, 0.5) is 0 Å². The molecule has 1 amide bonds. The summed E-state index contributed by atoms with van der Waals surface area (Å²) in [6, 6.07) is 0. The van der Waals surface area contributed by atoms with Crippen LogP contribution in [-0.2, 0) is 9.53 Å². The van der Waals surface area contributed by atoms with Gasteiger partial charge >= 0.3 is 0 Å². The molecule has 1 N–H and O–H groups in total. The van der Waals surface area contributed by atoms with Crippen LogP contribution in [0, 0.1) is 0 Å². The zero-order chi connectivity index (χ0) is 10.4. The van der Waals surface area contributed by atoms with Gasteiger partial charge in [-0.15, -0.1) is 11.6 Å². The summed E-state index contributed by atoms with van der Waals surface area (Å²) in [4.78, 5) is 11.4. The fourth-order valence-corrected chi connectivity index (χ4v) is 1.65. The molecule has 2 atom stereocenters. The molecule has 1 saturated heterocycles. The van der Waals surface area contributed by atoms with Gasteiger partial charge in [0.05, 0.1) is 0 Å². The molecular formula is C10H18ClNO2. The van der Waals surface area contributed by atoms with Crippen molar-refractivity contribution in [3.05, 3.63) is 0 Å². The van der Waals surface area contributed by atoms with Crippen LogP contribution in [0.3, 0.4) is 0 Å².